The van der Waals surface area contributed by atoms with Gasteiger partial charge in [0, 0.05) is 30.2 Å². The summed E-state index contributed by atoms with van der Waals surface area (Å²) in [5.41, 5.74) is 1.44. The van der Waals surface area contributed by atoms with Crippen molar-refractivity contribution in [2.45, 2.75) is 45.7 Å². The fourth-order valence-corrected chi connectivity index (χ4v) is 5.67. The Hall–Kier alpha value is -3.67. The number of thioether (sulfide) groups is 1. The monoisotopic (exact) mass is 542 g/mol. The molecule has 0 radical (unpaired) electrons. The number of hydrogen-bond donors (Lipinski definition) is 1. The van der Waals surface area contributed by atoms with E-state index in [0.29, 0.717) is 27.7 Å². The maximum absolute atomic E-state index is 13.3. The number of fused-ring (bicyclic) bond motifs is 1. The summed E-state index contributed by atoms with van der Waals surface area (Å²) in [5, 5.41) is 15.0. The van der Waals surface area contributed by atoms with Gasteiger partial charge in [0.2, 0.25) is 11.1 Å². The Balaban J connectivity index is 1.40. The number of halogens is 3. The van der Waals surface area contributed by atoms with Crippen LogP contribution in [0.1, 0.15) is 48.2 Å². The highest BCUT2D eigenvalue weighted by Crippen LogP contribution is 2.33. The van der Waals surface area contributed by atoms with Gasteiger partial charge in [-0.05, 0) is 80.8 Å². The second-order valence-electron chi connectivity index (χ2n) is 9.34. The van der Waals surface area contributed by atoms with E-state index in [1.165, 1.54) is 17.2 Å². The number of aryl methyl sites for hydroxylation is 1. The summed E-state index contributed by atoms with van der Waals surface area (Å²) in [6.45, 7) is 4.94. The predicted octanol–water partition coefficient (Wildman–Crippen LogP) is 5.13. The van der Waals surface area contributed by atoms with E-state index in [1.807, 2.05) is 4.90 Å². The number of aromatic nitrogens is 1. The van der Waals surface area contributed by atoms with Crippen LogP contribution < -0.4 is 0 Å². The molecule has 3 aliphatic heterocycles. The van der Waals surface area contributed by atoms with Crippen LogP contribution in [0.25, 0.3) is 11.8 Å². The van der Waals surface area contributed by atoms with Crippen LogP contribution >= 0.6 is 11.8 Å². The van der Waals surface area contributed by atoms with E-state index in [4.69, 9.17) is 5.41 Å². The quantitative estimate of drug-likeness (QED) is 0.542. The van der Waals surface area contributed by atoms with Gasteiger partial charge in [-0.2, -0.15) is 28.3 Å². The molecule has 3 aliphatic rings. The Labute approximate surface area is 221 Å². The van der Waals surface area contributed by atoms with Gasteiger partial charge in [-0.15, -0.1) is 0 Å². The molecule has 8 nitrogen and oxygen atoms in total. The standard InChI is InChI=1S/C26H25F3N6O2S/c1-15-11-17(16(2)34(15)19-8-6-7-18(13-19)26(27,28)29)12-20-23(30)35-25(31-24(20)37)38-21(32-35)14-22(36)33-9-4-3-5-10-33/h6-8,11-13,30H,3-5,9-10,14H2,1-2H3/b20-12+,30-23?. The largest absolute Gasteiger partial charge is 0.416 e. The normalized spacial score (nSPS) is 19.1. The van der Waals surface area contributed by atoms with Gasteiger partial charge in [0.1, 0.15) is 5.04 Å². The van der Waals surface area contributed by atoms with Crippen LogP contribution in [0.3, 0.4) is 0 Å². The number of likely N-dealkylation sites (tertiary alicyclic amines) is 1. The van der Waals surface area contributed by atoms with Crippen molar-refractivity contribution in [2.24, 2.45) is 10.1 Å². The molecule has 0 spiro atoms. The zero-order valence-corrected chi connectivity index (χ0v) is 21.6. The molecular weight excluding hydrogens is 517 g/mol. The molecule has 2 amide bonds. The fraction of sp³-hybridized carbons (Fsp3) is 0.346. The van der Waals surface area contributed by atoms with Crippen molar-refractivity contribution in [2.75, 3.05) is 13.1 Å². The van der Waals surface area contributed by atoms with Gasteiger partial charge in [-0.3, -0.25) is 15.0 Å². The lowest BCUT2D eigenvalue weighted by Gasteiger charge is -2.26. The molecule has 38 heavy (non-hydrogen) atoms. The highest BCUT2D eigenvalue weighted by atomic mass is 32.2. The number of amides is 2. The van der Waals surface area contributed by atoms with Crippen molar-refractivity contribution < 1.29 is 22.8 Å². The van der Waals surface area contributed by atoms with E-state index >= 15 is 0 Å². The average molecular weight is 543 g/mol. The molecule has 12 heteroatoms. The molecule has 0 aliphatic carbocycles. The number of benzene rings is 1. The van der Waals surface area contributed by atoms with Gasteiger partial charge in [0.05, 0.1) is 17.6 Å². The minimum absolute atomic E-state index is 0.00555. The van der Waals surface area contributed by atoms with Crippen LogP contribution in [0, 0.1) is 19.3 Å². The first-order chi connectivity index (χ1) is 18.0. The molecule has 0 bridgehead atoms. The molecule has 1 aromatic carbocycles. The first-order valence-electron chi connectivity index (χ1n) is 12.2. The molecule has 0 atom stereocenters. The Morgan fingerprint density at radius 1 is 1.16 bits per heavy atom. The maximum atomic E-state index is 13.3. The highest BCUT2D eigenvalue weighted by molar-refractivity contribution is 8.27. The smallest absolute Gasteiger partial charge is 0.342 e. The van der Waals surface area contributed by atoms with Crippen molar-refractivity contribution >= 4 is 45.7 Å². The summed E-state index contributed by atoms with van der Waals surface area (Å²) >= 11 is 1.11. The summed E-state index contributed by atoms with van der Waals surface area (Å²) in [6, 6.07) is 6.76. The summed E-state index contributed by atoms with van der Waals surface area (Å²) in [6.07, 6.45) is 0.187. The van der Waals surface area contributed by atoms with Crippen LogP contribution in [-0.4, -0.2) is 55.4 Å². The van der Waals surface area contributed by atoms with Gasteiger partial charge >= 0.3 is 6.18 Å². The number of amidine groups is 2. The van der Waals surface area contributed by atoms with Gasteiger partial charge in [-0.25, -0.2) is 0 Å². The van der Waals surface area contributed by atoms with E-state index in [0.717, 1.165) is 56.2 Å². The second-order valence-corrected chi connectivity index (χ2v) is 10.4. The summed E-state index contributed by atoms with van der Waals surface area (Å²) in [5.74, 6) is -0.819. The third-order valence-electron chi connectivity index (χ3n) is 6.71. The second kappa shape index (κ2) is 9.90. The molecule has 1 saturated heterocycles. The third kappa shape index (κ3) is 4.92. The molecule has 1 fully saturated rings. The number of nitrogens with one attached hydrogen (secondary N) is 1. The number of hydrogen-bond acceptors (Lipinski definition) is 5. The Morgan fingerprint density at radius 2 is 1.89 bits per heavy atom. The number of hydrazone groups is 1. The van der Waals surface area contributed by atoms with E-state index in [9.17, 15) is 22.8 Å². The van der Waals surface area contributed by atoms with Gasteiger partial charge in [-0.1, -0.05) is 6.07 Å². The Bertz CT molecular complexity index is 1430. The lowest BCUT2D eigenvalue weighted by atomic mass is 10.1. The summed E-state index contributed by atoms with van der Waals surface area (Å²) in [7, 11) is 0. The summed E-state index contributed by atoms with van der Waals surface area (Å²) < 4.78 is 41.4. The van der Waals surface area contributed by atoms with Crippen molar-refractivity contribution in [1.29, 1.82) is 5.41 Å². The van der Waals surface area contributed by atoms with E-state index < -0.39 is 17.6 Å². The van der Waals surface area contributed by atoms with Crippen LogP contribution in [0.4, 0.5) is 13.2 Å². The number of piperidine rings is 1. The number of nitrogens with zero attached hydrogens (tertiary/aromatic N) is 5. The SMILES string of the molecule is Cc1cc(/C=C2\C(=N)N3N=C(CC(=O)N4CCCCC4)SC3=NC2=O)c(C)n1-c1cccc(C(F)(F)F)c1. The van der Waals surface area contributed by atoms with Gasteiger partial charge < -0.3 is 9.47 Å². The lowest BCUT2D eigenvalue weighted by molar-refractivity contribution is -0.137. The molecule has 1 N–H and O–H groups in total. The minimum Gasteiger partial charge on any atom is -0.342 e. The van der Waals surface area contributed by atoms with E-state index in [-0.39, 0.29) is 28.9 Å². The molecule has 4 heterocycles. The minimum atomic E-state index is -4.47. The molecular formula is C26H25F3N6O2S. The van der Waals surface area contributed by atoms with Crippen molar-refractivity contribution in [3.05, 3.63) is 58.4 Å². The molecule has 1 aromatic heterocycles. The first-order valence-corrected chi connectivity index (χ1v) is 13.0. The van der Waals surface area contributed by atoms with Crippen LogP contribution in [0.5, 0.6) is 0 Å². The Kier molecular flexibility index (Phi) is 6.76. The molecule has 5 rings (SSSR count). The fourth-order valence-electron chi connectivity index (χ4n) is 4.80. The molecule has 0 unspecified atom stereocenters. The number of aliphatic imine (C=N–C) groups is 1. The van der Waals surface area contributed by atoms with Crippen LogP contribution in [0.15, 0.2) is 46.0 Å². The zero-order valence-electron chi connectivity index (χ0n) is 20.8. The third-order valence-corrected chi connectivity index (χ3v) is 7.62. The van der Waals surface area contributed by atoms with Gasteiger partial charge in [0.25, 0.3) is 5.91 Å². The zero-order chi connectivity index (χ0) is 27.2. The van der Waals surface area contributed by atoms with E-state index in [1.54, 1.807) is 30.5 Å². The maximum Gasteiger partial charge on any atom is 0.416 e. The average Bonchev–Trinajstić information content (AvgIpc) is 3.40. The van der Waals surface area contributed by atoms with Gasteiger partial charge in [0.15, 0.2) is 5.84 Å². The summed E-state index contributed by atoms with van der Waals surface area (Å²) in [4.78, 5) is 31.4. The number of alkyl halides is 3. The first kappa shape index (κ1) is 26.0. The van der Waals surface area contributed by atoms with Crippen LogP contribution in [-0.2, 0) is 15.8 Å². The van der Waals surface area contributed by atoms with Crippen molar-refractivity contribution in [3.8, 4) is 5.69 Å². The Morgan fingerprint density at radius 3 is 2.61 bits per heavy atom. The lowest BCUT2D eigenvalue weighted by Crippen LogP contribution is -2.36. The molecule has 198 valence electrons. The number of rotatable bonds is 4. The molecule has 2 aromatic rings. The number of carbonyl (C=O) groups is 2. The van der Waals surface area contributed by atoms with Crippen molar-refractivity contribution in [1.82, 2.24) is 14.5 Å². The molecule has 0 saturated carbocycles. The number of carbonyl (C=O) groups excluding carboxylic acids is 2. The van der Waals surface area contributed by atoms with Crippen LogP contribution in [0.2, 0.25) is 0 Å². The van der Waals surface area contributed by atoms with E-state index in [2.05, 4.69) is 10.1 Å². The highest BCUT2D eigenvalue weighted by Gasteiger charge is 2.37. The topological polar surface area (TPSA) is 94.1 Å². The predicted molar refractivity (Wildman–Crippen MR) is 140 cm³/mol. The van der Waals surface area contributed by atoms with Crippen molar-refractivity contribution in [3.63, 3.8) is 0 Å².